The molecule has 1 aliphatic carbocycles. The number of carbonyl (C=O) groups is 1. The molecule has 0 atom stereocenters. The Labute approximate surface area is 203 Å². The summed E-state index contributed by atoms with van der Waals surface area (Å²) in [7, 11) is -3.35. The number of ketones is 1. The van der Waals surface area contributed by atoms with E-state index in [1.54, 1.807) is 16.7 Å². The van der Waals surface area contributed by atoms with Crippen molar-refractivity contribution in [3.05, 3.63) is 63.9 Å². The Morgan fingerprint density at radius 2 is 1.88 bits per heavy atom. The normalized spacial score (nSPS) is 16.7. The first-order chi connectivity index (χ1) is 16.3. The predicted octanol–water partition coefficient (Wildman–Crippen LogP) is 4.20. The van der Waals surface area contributed by atoms with Crippen LogP contribution in [0.15, 0.2) is 52.4 Å². The van der Waals surface area contributed by atoms with Crippen molar-refractivity contribution in [2.45, 2.75) is 49.7 Å². The van der Waals surface area contributed by atoms with E-state index in [2.05, 4.69) is 0 Å². The number of thioether (sulfide) groups is 1. The van der Waals surface area contributed by atoms with E-state index in [0.717, 1.165) is 44.1 Å². The van der Waals surface area contributed by atoms with Gasteiger partial charge in [-0.2, -0.15) is 0 Å². The van der Waals surface area contributed by atoms with Crippen molar-refractivity contribution in [3.63, 3.8) is 0 Å². The predicted molar refractivity (Wildman–Crippen MR) is 136 cm³/mol. The van der Waals surface area contributed by atoms with Crippen LogP contribution < -0.4 is 9.86 Å². The van der Waals surface area contributed by atoms with E-state index >= 15 is 0 Å². The summed E-state index contributed by atoms with van der Waals surface area (Å²) < 4.78 is 27.4. The van der Waals surface area contributed by atoms with Crippen LogP contribution >= 0.6 is 11.8 Å². The van der Waals surface area contributed by atoms with Crippen molar-refractivity contribution in [3.8, 4) is 0 Å². The number of fused-ring (bicyclic) bond motifs is 2. The quantitative estimate of drug-likeness (QED) is 0.288. The highest BCUT2D eigenvalue weighted by molar-refractivity contribution is 7.99. The largest absolute Gasteiger partial charge is 0.293 e. The average Bonchev–Trinajstić information content (AvgIpc) is 3.35. The second-order valence-corrected chi connectivity index (χ2v) is 11.9. The summed E-state index contributed by atoms with van der Waals surface area (Å²) >= 11 is 1.30. The van der Waals surface area contributed by atoms with E-state index in [1.807, 2.05) is 30.3 Å². The summed E-state index contributed by atoms with van der Waals surface area (Å²) in [5.74, 6) is 0.0937. The molecule has 1 aromatic heterocycles. The Kier molecular flexibility index (Phi) is 6.24. The van der Waals surface area contributed by atoms with E-state index in [-0.39, 0.29) is 23.1 Å². The molecule has 34 heavy (non-hydrogen) atoms. The second kappa shape index (κ2) is 9.19. The van der Waals surface area contributed by atoms with Crippen LogP contribution in [0.4, 0.5) is 5.69 Å². The van der Waals surface area contributed by atoms with Gasteiger partial charge >= 0.3 is 0 Å². The van der Waals surface area contributed by atoms with Crippen LogP contribution in [0.5, 0.6) is 0 Å². The van der Waals surface area contributed by atoms with Gasteiger partial charge in [-0.3, -0.25) is 18.5 Å². The number of benzene rings is 2. The van der Waals surface area contributed by atoms with E-state index < -0.39 is 10.0 Å². The van der Waals surface area contributed by atoms with Gasteiger partial charge in [0.15, 0.2) is 10.9 Å². The Morgan fingerprint density at radius 1 is 1.12 bits per heavy atom. The van der Waals surface area contributed by atoms with Gasteiger partial charge < -0.3 is 0 Å². The van der Waals surface area contributed by atoms with Crippen molar-refractivity contribution in [2.24, 2.45) is 0 Å². The standard InChI is InChI=1S/C25H27N3O4S2/c1-34(31,32)27-14-6-7-17-15-18(12-13-22(17)27)23(29)16-33-25-26-21-11-5-4-10-20(21)24(30)28(25)19-8-2-3-9-19/h4-5,10-13,15,19H,2-3,6-9,14,16H2,1H3. The van der Waals surface area contributed by atoms with Crippen LogP contribution in [0.25, 0.3) is 10.9 Å². The number of hydrogen-bond acceptors (Lipinski definition) is 6. The molecule has 0 spiro atoms. The molecule has 178 valence electrons. The molecule has 9 heteroatoms. The van der Waals surface area contributed by atoms with Gasteiger partial charge in [0.2, 0.25) is 10.0 Å². The molecular weight excluding hydrogens is 470 g/mol. The molecular formula is C25H27N3O4S2. The Morgan fingerprint density at radius 3 is 2.65 bits per heavy atom. The number of Topliss-reactive ketones (excluding diaryl/α,β-unsaturated/α-hetero) is 1. The number of hydrogen-bond donors (Lipinski definition) is 0. The molecule has 0 radical (unpaired) electrons. The molecule has 0 unspecified atom stereocenters. The Hall–Kier alpha value is -2.65. The summed E-state index contributed by atoms with van der Waals surface area (Å²) in [6.45, 7) is 0.460. The van der Waals surface area contributed by atoms with Crippen LogP contribution in [0, 0.1) is 0 Å². The number of sulfonamides is 1. The van der Waals surface area contributed by atoms with Crippen molar-refractivity contribution in [1.29, 1.82) is 0 Å². The SMILES string of the molecule is CS(=O)(=O)N1CCCc2cc(C(=O)CSc3nc4ccccc4c(=O)n3C3CCCC3)ccc21. The van der Waals surface area contributed by atoms with E-state index in [0.29, 0.717) is 33.9 Å². The molecule has 0 saturated heterocycles. The number of aryl methyl sites for hydroxylation is 1. The number of anilines is 1. The number of nitrogens with zero attached hydrogens (tertiary/aromatic N) is 3. The van der Waals surface area contributed by atoms with Crippen molar-refractivity contribution in [1.82, 2.24) is 9.55 Å². The van der Waals surface area contributed by atoms with Crippen molar-refractivity contribution >= 4 is 44.2 Å². The third kappa shape index (κ3) is 4.38. The smallest absolute Gasteiger partial charge is 0.262 e. The maximum absolute atomic E-state index is 13.3. The molecule has 1 fully saturated rings. The number of para-hydroxylation sites is 1. The van der Waals surface area contributed by atoms with Crippen LogP contribution in [0.2, 0.25) is 0 Å². The number of rotatable bonds is 6. The molecule has 0 amide bonds. The Balaban J connectivity index is 1.42. The molecule has 2 heterocycles. The Bertz CT molecular complexity index is 1430. The van der Waals surface area contributed by atoms with Crippen LogP contribution in [-0.4, -0.2) is 42.3 Å². The minimum Gasteiger partial charge on any atom is -0.293 e. The fraction of sp³-hybridized carbons (Fsp3) is 0.400. The summed E-state index contributed by atoms with van der Waals surface area (Å²) in [4.78, 5) is 31.1. The van der Waals surface area contributed by atoms with Gasteiger partial charge in [-0.25, -0.2) is 13.4 Å². The molecule has 1 aliphatic heterocycles. The summed E-state index contributed by atoms with van der Waals surface area (Å²) in [5.41, 5.74) is 2.69. The monoisotopic (exact) mass is 497 g/mol. The van der Waals surface area contributed by atoms with Crippen LogP contribution in [0.3, 0.4) is 0 Å². The molecule has 7 nitrogen and oxygen atoms in total. The van der Waals surface area contributed by atoms with E-state index in [4.69, 9.17) is 4.98 Å². The fourth-order valence-corrected chi connectivity index (χ4v) is 6.96. The van der Waals surface area contributed by atoms with Gasteiger partial charge in [-0.1, -0.05) is 36.7 Å². The average molecular weight is 498 g/mol. The molecule has 3 aromatic rings. The molecule has 1 saturated carbocycles. The summed E-state index contributed by atoms with van der Waals surface area (Å²) in [6.07, 6.45) is 6.74. The zero-order chi connectivity index (χ0) is 23.9. The lowest BCUT2D eigenvalue weighted by Gasteiger charge is -2.29. The zero-order valence-corrected chi connectivity index (χ0v) is 20.7. The number of aromatic nitrogens is 2. The highest BCUT2D eigenvalue weighted by Crippen LogP contribution is 2.33. The third-order valence-electron chi connectivity index (χ3n) is 6.68. The lowest BCUT2D eigenvalue weighted by molar-refractivity contribution is 0.102. The third-order valence-corrected chi connectivity index (χ3v) is 8.81. The van der Waals surface area contributed by atoms with E-state index in [9.17, 15) is 18.0 Å². The van der Waals surface area contributed by atoms with Crippen LogP contribution in [-0.2, 0) is 16.4 Å². The minimum atomic E-state index is -3.35. The first-order valence-electron chi connectivity index (χ1n) is 11.6. The maximum Gasteiger partial charge on any atom is 0.262 e. The van der Waals surface area contributed by atoms with Gasteiger partial charge in [-0.05, 0) is 61.6 Å². The zero-order valence-electron chi connectivity index (χ0n) is 19.1. The van der Waals surface area contributed by atoms with Crippen molar-refractivity contribution in [2.75, 3.05) is 22.9 Å². The van der Waals surface area contributed by atoms with Gasteiger partial charge in [-0.15, -0.1) is 0 Å². The summed E-state index contributed by atoms with van der Waals surface area (Å²) in [5, 5.41) is 1.19. The molecule has 2 aromatic carbocycles. The summed E-state index contributed by atoms with van der Waals surface area (Å²) in [6, 6.07) is 12.7. The highest BCUT2D eigenvalue weighted by Gasteiger charge is 2.26. The lowest BCUT2D eigenvalue weighted by atomic mass is 9.99. The molecule has 5 rings (SSSR count). The van der Waals surface area contributed by atoms with Crippen LogP contribution in [0.1, 0.15) is 54.1 Å². The van der Waals surface area contributed by atoms with Gasteiger partial charge in [0.25, 0.3) is 5.56 Å². The minimum absolute atomic E-state index is 0.0397. The van der Waals surface area contributed by atoms with Gasteiger partial charge in [0, 0.05) is 18.2 Å². The fourth-order valence-electron chi connectivity index (χ4n) is 5.01. The van der Waals surface area contributed by atoms with Crippen molar-refractivity contribution < 1.29 is 13.2 Å². The molecule has 0 bridgehead atoms. The topological polar surface area (TPSA) is 89.3 Å². The first kappa shape index (κ1) is 23.1. The maximum atomic E-state index is 13.3. The highest BCUT2D eigenvalue weighted by atomic mass is 32.2. The molecule has 2 aliphatic rings. The van der Waals surface area contributed by atoms with Gasteiger partial charge in [0.1, 0.15) is 0 Å². The first-order valence-corrected chi connectivity index (χ1v) is 14.4. The number of carbonyl (C=O) groups excluding carboxylic acids is 1. The lowest BCUT2D eigenvalue weighted by Crippen LogP contribution is -2.34. The molecule has 0 N–H and O–H groups in total. The second-order valence-electron chi connectivity index (χ2n) is 9.02. The van der Waals surface area contributed by atoms with E-state index in [1.165, 1.54) is 22.3 Å². The van der Waals surface area contributed by atoms with Gasteiger partial charge in [0.05, 0.1) is 28.6 Å².